The Balaban J connectivity index is 1.29. The van der Waals surface area contributed by atoms with E-state index >= 15 is 0 Å². The molecule has 1 aliphatic heterocycles. The zero-order valence-corrected chi connectivity index (χ0v) is 22.1. The summed E-state index contributed by atoms with van der Waals surface area (Å²) in [6.07, 6.45) is 0. The lowest BCUT2D eigenvalue weighted by molar-refractivity contribution is 1.36. The van der Waals surface area contributed by atoms with Crippen LogP contribution in [0.5, 0.6) is 0 Å². The fraction of sp³-hybridized carbons (Fsp3) is 0. The molecule has 0 aliphatic carbocycles. The minimum atomic E-state index is 0.0765. The van der Waals surface area contributed by atoms with E-state index < -0.39 is 0 Å². The molecule has 7 aromatic rings. The van der Waals surface area contributed by atoms with Crippen molar-refractivity contribution in [1.82, 2.24) is 0 Å². The standard InChI is InChI=1S/C36H24BNS/c1-2-11-27(12-3-1)38-34-19-8-5-14-30(34)29-13-4-7-18-33(29)37(38)26-23-21-25(22-24-26)28-16-10-17-32-31-15-6-9-20-35(31)39-36(28)32/h1-24H. The number of fused-ring (bicyclic) bond motifs is 6. The quantitative estimate of drug-likeness (QED) is 0.214. The summed E-state index contributed by atoms with van der Waals surface area (Å²) in [5.41, 5.74) is 10.2. The molecule has 1 aliphatic rings. The number of anilines is 2. The van der Waals surface area contributed by atoms with Gasteiger partial charge in [-0.25, -0.2) is 0 Å². The average Bonchev–Trinajstić information content (AvgIpc) is 3.40. The van der Waals surface area contributed by atoms with Crippen LogP contribution >= 0.6 is 11.3 Å². The van der Waals surface area contributed by atoms with Gasteiger partial charge in [0, 0.05) is 37.1 Å². The van der Waals surface area contributed by atoms with Crippen LogP contribution in [-0.4, -0.2) is 6.85 Å². The molecular formula is C36H24BNS. The number of hydrogen-bond donors (Lipinski definition) is 0. The minimum absolute atomic E-state index is 0.0765. The molecule has 6 aromatic carbocycles. The van der Waals surface area contributed by atoms with Crippen LogP contribution in [0.3, 0.4) is 0 Å². The monoisotopic (exact) mass is 513 g/mol. The zero-order valence-electron chi connectivity index (χ0n) is 21.3. The fourth-order valence-corrected chi connectivity index (χ4v) is 7.43. The van der Waals surface area contributed by atoms with Gasteiger partial charge in [-0.15, -0.1) is 11.3 Å². The molecule has 39 heavy (non-hydrogen) atoms. The highest BCUT2D eigenvalue weighted by Gasteiger charge is 2.36. The normalized spacial score (nSPS) is 12.5. The highest BCUT2D eigenvalue weighted by Crippen LogP contribution is 2.41. The van der Waals surface area contributed by atoms with Gasteiger partial charge in [0.1, 0.15) is 0 Å². The highest BCUT2D eigenvalue weighted by atomic mass is 32.1. The summed E-state index contributed by atoms with van der Waals surface area (Å²) in [5, 5.41) is 2.68. The molecule has 0 N–H and O–H groups in total. The maximum atomic E-state index is 2.50. The average molecular weight is 513 g/mol. The van der Waals surface area contributed by atoms with Crippen molar-refractivity contribution in [2.24, 2.45) is 0 Å². The van der Waals surface area contributed by atoms with E-state index in [0.717, 1.165) is 0 Å². The second kappa shape index (κ2) is 9.01. The fourth-order valence-electron chi connectivity index (χ4n) is 6.20. The van der Waals surface area contributed by atoms with E-state index in [0.29, 0.717) is 0 Å². The molecule has 0 fully saturated rings. The first-order valence-electron chi connectivity index (χ1n) is 13.4. The Labute approximate surface area is 232 Å². The number of thiophene rings is 1. The molecule has 0 bridgehead atoms. The van der Waals surface area contributed by atoms with Gasteiger partial charge in [-0.3, -0.25) is 0 Å². The van der Waals surface area contributed by atoms with Crippen LogP contribution < -0.4 is 15.7 Å². The van der Waals surface area contributed by atoms with E-state index in [2.05, 4.69) is 150 Å². The van der Waals surface area contributed by atoms with Crippen molar-refractivity contribution in [3.63, 3.8) is 0 Å². The summed E-state index contributed by atoms with van der Waals surface area (Å²) >= 11 is 1.89. The SMILES string of the molecule is c1ccc(N2B(c3ccc(-c4cccc5c4sc4ccccc45)cc3)c3ccccc3-c3ccccc32)cc1. The number of rotatable bonds is 3. The Hall–Kier alpha value is -4.60. The zero-order chi connectivity index (χ0) is 25.8. The second-order valence-electron chi connectivity index (χ2n) is 10.1. The van der Waals surface area contributed by atoms with Crippen LogP contribution in [0.1, 0.15) is 0 Å². The first kappa shape index (κ1) is 22.4. The van der Waals surface area contributed by atoms with Crippen LogP contribution in [0.25, 0.3) is 42.4 Å². The summed E-state index contributed by atoms with van der Waals surface area (Å²) in [6.45, 7) is 0.0765. The molecule has 1 aromatic heterocycles. The predicted octanol–water partition coefficient (Wildman–Crippen LogP) is 8.65. The summed E-state index contributed by atoms with van der Waals surface area (Å²) in [7, 11) is 0. The van der Waals surface area contributed by atoms with Crippen LogP contribution in [0.2, 0.25) is 0 Å². The molecule has 0 saturated heterocycles. The lowest BCUT2D eigenvalue weighted by atomic mass is 9.45. The Morgan fingerprint density at radius 2 is 1.15 bits per heavy atom. The third-order valence-electron chi connectivity index (χ3n) is 7.94. The first-order valence-corrected chi connectivity index (χ1v) is 14.2. The molecule has 0 radical (unpaired) electrons. The van der Waals surface area contributed by atoms with Gasteiger partial charge in [-0.05, 0) is 46.4 Å². The molecule has 0 saturated carbocycles. The molecule has 1 nitrogen and oxygen atoms in total. The highest BCUT2D eigenvalue weighted by molar-refractivity contribution is 7.26. The second-order valence-corrected chi connectivity index (χ2v) is 11.2. The van der Waals surface area contributed by atoms with Gasteiger partial charge in [0.25, 0.3) is 0 Å². The van der Waals surface area contributed by atoms with Crippen molar-refractivity contribution < 1.29 is 0 Å². The van der Waals surface area contributed by atoms with Crippen molar-refractivity contribution in [3.05, 3.63) is 146 Å². The van der Waals surface area contributed by atoms with Crippen molar-refractivity contribution >= 4 is 60.7 Å². The lowest BCUT2D eigenvalue weighted by Crippen LogP contribution is -2.57. The van der Waals surface area contributed by atoms with Crippen molar-refractivity contribution in [2.45, 2.75) is 0 Å². The van der Waals surface area contributed by atoms with E-state index in [-0.39, 0.29) is 6.85 Å². The Bertz CT molecular complexity index is 1970. The molecule has 3 heteroatoms. The topological polar surface area (TPSA) is 3.24 Å². The maximum absolute atomic E-state index is 2.50. The van der Waals surface area contributed by atoms with Gasteiger partial charge in [-0.2, -0.15) is 0 Å². The van der Waals surface area contributed by atoms with Gasteiger partial charge in [0.15, 0.2) is 0 Å². The van der Waals surface area contributed by atoms with Gasteiger partial charge in [0.05, 0.1) is 0 Å². The smallest absolute Gasteiger partial charge is 0.328 e. The van der Waals surface area contributed by atoms with E-state index in [4.69, 9.17) is 0 Å². The minimum Gasteiger partial charge on any atom is -0.376 e. The van der Waals surface area contributed by atoms with Crippen LogP contribution in [0.15, 0.2) is 146 Å². The molecule has 2 heterocycles. The van der Waals surface area contributed by atoms with Gasteiger partial charge in [-0.1, -0.05) is 127 Å². The van der Waals surface area contributed by atoms with Crippen molar-refractivity contribution in [3.8, 4) is 22.3 Å². The lowest BCUT2D eigenvalue weighted by Gasteiger charge is -2.39. The molecule has 182 valence electrons. The molecule has 8 rings (SSSR count). The first-order chi connectivity index (χ1) is 19.4. The molecule has 0 unspecified atom stereocenters. The van der Waals surface area contributed by atoms with Crippen molar-refractivity contribution in [2.75, 3.05) is 4.81 Å². The number of benzene rings is 6. The molecule has 0 amide bonds. The van der Waals surface area contributed by atoms with Gasteiger partial charge >= 0.3 is 6.85 Å². The third-order valence-corrected chi connectivity index (χ3v) is 9.16. The van der Waals surface area contributed by atoms with Gasteiger partial charge < -0.3 is 4.81 Å². The van der Waals surface area contributed by atoms with Crippen LogP contribution in [0.4, 0.5) is 11.4 Å². The van der Waals surface area contributed by atoms with Gasteiger partial charge in [0.2, 0.25) is 0 Å². The Morgan fingerprint density at radius 1 is 0.487 bits per heavy atom. The summed E-state index contributed by atoms with van der Waals surface area (Å²) in [4.78, 5) is 2.50. The van der Waals surface area contributed by atoms with E-state index in [9.17, 15) is 0 Å². The number of para-hydroxylation sites is 2. The maximum Gasteiger partial charge on any atom is 0.328 e. The van der Waals surface area contributed by atoms with Crippen LogP contribution in [0, 0.1) is 0 Å². The Kier molecular flexibility index (Phi) is 5.17. The van der Waals surface area contributed by atoms with Crippen LogP contribution in [-0.2, 0) is 0 Å². The summed E-state index contributed by atoms with van der Waals surface area (Å²) < 4.78 is 2.70. The summed E-state index contributed by atoms with van der Waals surface area (Å²) in [6, 6.07) is 53.1. The predicted molar refractivity (Wildman–Crippen MR) is 170 cm³/mol. The number of hydrogen-bond acceptors (Lipinski definition) is 2. The molecule has 0 atom stereocenters. The Morgan fingerprint density at radius 3 is 2.03 bits per heavy atom. The number of nitrogens with zero attached hydrogens (tertiary/aromatic N) is 1. The van der Waals surface area contributed by atoms with E-state index in [1.807, 2.05) is 11.3 Å². The summed E-state index contributed by atoms with van der Waals surface area (Å²) in [5.74, 6) is 0. The largest absolute Gasteiger partial charge is 0.376 e. The third kappa shape index (κ3) is 3.54. The van der Waals surface area contributed by atoms with Crippen molar-refractivity contribution in [1.29, 1.82) is 0 Å². The van der Waals surface area contributed by atoms with E-state index in [1.54, 1.807) is 0 Å². The molecule has 0 spiro atoms. The molecular weight excluding hydrogens is 489 g/mol. The van der Waals surface area contributed by atoms with E-state index in [1.165, 1.54) is 64.7 Å².